The molecule has 0 unspecified atom stereocenters. The number of hydrogen-bond donors (Lipinski definition) is 0. The zero-order valence-corrected chi connectivity index (χ0v) is 8.56. The fourth-order valence-corrected chi connectivity index (χ4v) is 1.10. The van der Waals surface area contributed by atoms with Crippen molar-refractivity contribution in [1.82, 2.24) is 4.90 Å². The van der Waals surface area contributed by atoms with Crippen LogP contribution in [-0.4, -0.2) is 29.5 Å². The normalized spacial score (nSPS) is 9.47. The van der Waals surface area contributed by atoms with E-state index >= 15 is 0 Å². The molecule has 0 aliphatic heterocycles. The Bertz CT molecular complexity index is 398. The van der Waals surface area contributed by atoms with Crippen molar-refractivity contribution >= 4 is 17.6 Å². The van der Waals surface area contributed by atoms with Gasteiger partial charge in [-0.25, -0.2) is 0 Å². The van der Waals surface area contributed by atoms with E-state index in [2.05, 4.69) is 0 Å². The van der Waals surface area contributed by atoms with Crippen molar-refractivity contribution in [3.8, 4) is 0 Å². The lowest BCUT2D eigenvalue weighted by atomic mass is 10.2. The fourth-order valence-electron chi connectivity index (χ4n) is 1.10. The van der Waals surface area contributed by atoms with Gasteiger partial charge in [0.05, 0.1) is 0 Å². The number of carbonyl (C=O) groups excluding carboxylic acids is 3. The van der Waals surface area contributed by atoms with E-state index < -0.39 is 17.6 Å². The quantitative estimate of drug-likeness (QED) is 0.673. The van der Waals surface area contributed by atoms with E-state index in [1.807, 2.05) is 0 Å². The predicted molar refractivity (Wildman–Crippen MR) is 54.2 cm³/mol. The number of benzene rings is 1. The second-order valence-corrected chi connectivity index (χ2v) is 3.09. The van der Waals surface area contributed by atoms with Gasteiger partial charge < -0.3 is 0 Å². The van der Waals surface area contributed by atoms with E-state index in [0.717, 1.165) is 11.8 Å². The zero-order valence-electron chi connectivity index (χ0n) is 8.56. The molecule has 0 spiro atoms. The first-order valence-electron chi connectivity index (χ1n) is 4.42. The molecule has 0 fully saturated rings. The Labute approximate surface area is 87.5 Å². The van der Waals surface area contributed by atoms with Crippen LogP contribution in [0, 0.1) is 0 Å². The third kappa shape index (κ3) is 2.49. The highest BCUT2D eigenvalue weighted by Gasteiger charge is 2.21. The summed E-state index contributed by atoms with van der Waals surface area (Å²) in [7, 11) is 1.29. The van der Waals surface area contributed by atoms with E-state index in [1.54, 1.807) is 30.3 Å². The molecule has 78 valence electrons. The van der Waals surface area contributed by atoms with Crippen molar-refractivity contribution in [2.75, 3.05) is 7.05 Å². The van der Waals surface area contributed by atoms with E-state index in [9.17, 15) is 14.4 Å². The minimum absolute atomic E-state index is 0.384. The van der Waals surface area contributed by atoms with E-state index in [0.29, 0.717) is 5.56 Å². The average Bonchev–Trinajstić information content (AvgIpc) is 2.27. The summed E-state index contributed by atoms with van der Waals surface area (Å²) in [5.41, 5.74) is 0.384. The number of ketones is 1. The molecule has 0 atom stereocenters. The van der Waals surface area contributed by atoms with Gasteiger partial charge in [-0.1, -0.05) is 18.2 Å². The van der Waals surface area contributed by atoms with Crippen LogP contribution in [0.3, 0.4) is 0 Å². The van der Waals surface area contributed by atoms with Crippen LogP contribution in [0.15, 0.2) is 30.3 Å². The topological polar surface area (TPSA) is 54.5 Å². The summed E-state index contributed by atoms with van der Waals surface area (Å²) in [5, 5.41) is 0. The molecule has 1 rings (SSSR count). The molecule has 1 aromatic carbocycles. The SMILES string of the molecule is CC(=O)C(=O)N(C)C(=O)c1ccccc1. The van der Waals surface area contributed by atoms with Gasteiger partial charge in [0, 0.05) is 19.5 Å². The predicted octanol–water partition coefficient (Wildman–Crippen LogP) is 0.874. The van der Waals surface area contributed by atoms with Crippen LogP contribution in [0.25, 0.3) is 0 Å². The van der Waals surface area contributed by atoms with Gasteiger partial charge in [0.2, 0.25) is 5.78 Å². The molecule has 0 aromatic heterocycles. The van der Waals surface area contributed by atoms with Crippen molar-refractivity contribution in [2.24, 2.45) is 0 Å². The molecule has 0 aliphatic rings. The lowest BCUT2D eigenvalue weighted by Crippen LogP contribution is -2.36. The van der Waals surface area contributed by atoms with Crippen molar-refractivity contribution in [1.29, 1.82) is 0 Å². The average molecular weight is 205 g/mol. The summed E-state index contributed by atoms with van der Waals surface area (Å²) in [6, 6.07) is 8.33. The van der Waals surface area contributed by atoms with Crippen LogP contribution < -0.4 is 0 Å². The standard InChI is InChI=1S/C11H11NO3/c1-8(13)10(14)12(2)11(15)9-6-4-3-5-7-9/h3-7H,1-2H3. The summed E-state index contributed by atoms with van der Waals surface area (Å²) in [6.07, 6.45) is 0. The van der Waals surface area contributed by atoms with Gasteiger partial charge in [0.15, 0.2) is 0 Å². The first-order chi connectivity index (χ1) is 7.04. The smallest absolute Gasteiger partial charge is 0.289 e. The van der Waals surface area contributed by atoms with E-state index in [-0.39, 0.29) is 0 Å². The maximum absolute atomic E-state index is 11.6. The Morgan fingerprint density at radius 2 is 1.60 bits per heavy atom. The molecule has 4 heteroatoms. The first kappa shape index (κ1) is 11.1. The number of carbonyl (C=O) groups is 3. The summed E-state index contributed by atoms with van der Waals surface area (Å²) in [4.78, 5) is 34.5. The van der Waals surface area contributed by atoms with Crippen LogP contribution in [0.2, 0.25) is 0 Å². The summed E-state index contributed by atoms with van der Waals surface area (Å²) in [5.74, 6) is -1.93. The maximum atomic E-state index is 11.6. The van der Waals surface area contributed by atoms with Crippen molar-refractivity contribution in [2.45, 2.75) is 6.92 Å². The van der Waals surface area contributed by atoms with Crippen LogP contribution >= 0.6 is 0 Å². The van der Waals surface area contributed by atoms with Crippen molar-refractivity contribution in [3.05, 3.63) is 35.9 Å². The Kier molecular flexibility index (Phi) is 3.33. The molecule has 2 amide bonds. The number of imide groups is 1. The van der Waals surface area contributed by atoms with Gasteiger partial charge in [-0.2, -0.15) is 0 Å². The van der Waals surface area contributed by atoms with Gasteiger partial charge in [0.1, 0.15) is 0 Å². The summed E-state index contributed by atoms with van der Waals surface area (Å²) >= 11 is 0. The molecule has 0 N–H and O–H groups in total. The molecule has 15 heavy (non-hydrogen) atoms. The molecule has 0 aliphatic carbocycles. The Morgan fingerprint density at radius 1 is 1.07 bits per heavy atom. The Hall–Kier alpha value is -1.97. The van der Waals surface area contributed by atoms with Crippen LogP contribution in [0.5, 0.6) is 0 Å². The molecule has 0 saturated heterocycles. The van der Waals surface area contributed by atoms with Gasteiger partial charge in [-0.05, 0) is 12.1 Å². The lowest BCUT2D eigenvalue weighted by Gasteiger charge is -2.12. The fraction of sp³-hybridized carbons (Fsp3) is 0.182. The largest absolute Gasteiger partial charge is 0.296 e. The number of hydrogen-bond acceptors (Lipinski definition) is 3. The molecular weight excluding hydrogens is 194 g/mol. The third-order valence-corrected chi connectivity index (χ3v) is 1.93. The van der Waals surface area contributed by atoms with Crippen LogP contribution in [0.4, 0.5) is 0 Å². The second kappa shape index (κ2) is 4.50. The monoisotopic (exact) mass is 205 g/mol. The molecule has 4 nitrogen and oxygen atoms in total. The Morgan fingerprint density at radius 3 is 2.07 bits per heavy atom. The van der Waals surface area contributed by atoms with Crippen molar-refractivity contribution in [3.63, 3.8) is 0 Å². The molecule has 0 bridgehead atoms. The molecule has 0 radical (unpaired) electrons. The van der Waals surface area contributed by atoms with Gasteiger partial charge in [0.25, 0.3) is 11.8 Å². The second-order valence-electron chi connectivity index (χ2n) is 3.09. The molecule has 1 aromatic rings. The highest BCUT2D eigenvalue weighted by atomic mass is 16.2. The number of Topliss-reactive ketones (excluding diaryl/α,β-unsaturated/α-hetero) is 1. The highest BCUT2D eigenvalue weighted by molar-refractivity contribution is 6.38. The van der Waals surface area contributed by atoms with Gasteiger partial charge in [-0.15, -0.1) is 0 Å². The maximum Gasteiger partial charge on any atom is 0.296 e. The minimum atomic E-state index is -0.802. The minimum Gasteiger partial charge on any atom is -0.289 e. The number of nitrogens with zero attached hydrogens (tertiary/aromatic N) is 1. The third-order valence-electron chi connectivity index (χ3n) is 1.93. The summed E-state index contributed by atoms with van der Waals surface area (Å²) < 4.78 is 0. The number of amides is 2. The lowest BCUT2D eigenvalue weighted by molar-refractivity contribution is -0.141. The van der Waals surface area contributed by atoms with Crippen LogP contribution in [-0.2, 0) is 9.59 Å². The highest BCUT2D eigenvalue weighted by Crippen LogP contribution is 2.03. The van der Waals surface area contributed by atoms with Crippen molar-refractivity contribution < 1.29 is 14.4 Å². The van der Waals surface area contributed by atoms with Gasteiger partial charge in [-0.3, -0.25) is 19.3 Å². The first-order valence-corrected chi connectivity index (χ1v) is 4.42. The molecule has 0 saturated carbocycles. The number of likely N-dealkylation sites (N-methyl/N-ethyl adjacent to an activating group) is 1. The number of rotatable bonds is 2. The van der Waals surface area contributed by atoms with E-state index in [1.165, 1.54) is 7.05 Å². The van der Waals surface area contributed by atoms with Gasteiger partial charge >= 0.3 is 0 Å². The molecular formula is C11H11NO3. The van der Waals surface area contributed by atoms with E-state index in [4.69, 9.17) is 0 Å². The van der Waals surface area contributed by atoms with Crippen LogP contribution in [0.1, 0.15) is 17.3 Å². The summed E-state index contributed by atoms with van der Waals surface area (Å²) in [6.45, 7) is 1.14. The molecule has 0 heterocycles. The zero-order chi connectivity index (χ0) is 11.4. The Balaban J connectivity index is 2.87.